The van der Waals surface area contributed by atoms with E-state index in [2.05, 4.69) is 26.4 Å². The van der Waals surface area contributed by atoms with Crippen LogP contribution in [-0.4, -0.2) is 21.9 Å². The number of alkyl halides is 1. The molecule has 1 aliphatic carbocycles. The Kier molecular flexibility index (Phi) is 3.09. The van der Waals surface area contributed by atoms with Gasteiger partial charge in [0.2, 0.25) is 5.91 Å². The predicted octanol–water partition coefficient (Wildman–Crippen LogP) is 2.66. The molecule has 1 amide bonds. The fourth-order valence-electron chi connectivity index (χ4n) is 2.25. The van der Waals surface area contributed by atoms with Crippen LogP contribution in [0.1, 0.15) is 19.0 Å². The first-order valence-electron chi connectivity index (χ1n) is 6.38. The Bertz CT molecular complexity index is 621. The molecule has 1 aromatic carbocycles. The van der Waals surface area contributed by atoms with Gasteiger partial charge in [0.1, 0.15) is 0 Å². The summed E-state index contributed by atoms with van der Waals surface area (Å²) in [6.07, 6.45) is 1.60. The Morgan fingerprint density at radius 3 is 3.05 bits per heavy atom. The number of hydrogen-bond donors (Lipinski definition) is 1. The number of para-hydroxylation sites is 1. The van der Waals surface area contributed by atoms with E-state index in [4.69, 9.17) is 4.52 Å². The minimum absolute atomic E-state index is 0.00231. The molecule has 1 aromatic heterocycles. The average Bonchev–Trinajstić information content (AvgIpc) is 2.85. The van der Waals surface area contributed by atoms with Crippen molar-refractivity contribution in [2.45, 2.75) is 24.1 Å². The van der Waals surface area contributed by atoms with Crippen molar-refractivity contribution in [1.29, 1.82) is 0 Å². The van der Waals surface area contributed by atoms with E-state index < -0.39 is 0 Å². The van der Waals surface area contributed by atoms with Crippen LogP contribution in [0.15, 0.2) is 28.8 Å². The second-order valence-corrected chi connectivity index (χ2v) is 7.01. The van der Waals surface area contributed by atoms with Crippen LogP contribution in [0.25, 0.3) is 11.0 Å². The SMILES string of the molecule is CC1(Br)CC1C(=O)NCCc1noc2ccccc12. The third kappa shape index (κ3) is 2.52. The van der Waals surface area contributed by atoms with Crippen LogP contribution >= 0.6 is 15.9 Å². The molecule has 4 nitrogen and oxygen atoms in total. The van der Waals surface area contributed by atoms with Crippen LogP contribution in [0.3, 0.4) is 0 Å². The molecular formula is C14H15BrN2O2. The highest BCUT2D eigenvalue weighted by molar-refractivity contribution is 9.10. The van der Waals surface area contributed by atoms with Crippen LogP contribution in [0.5, 0.6) is 0 Å². The van der Waals surface area contributed by atoms with Crippen LogP contribution in [0, 0.1) is 5.92 Å². The molecule has 0 saturated heterocycles. The molecule has 0 spiro atoms. The van der Waals surface area contributed by atoms with Crippen molar-refractivity contribution in [2.75, 3.05) is 6.54 Å². The summed E-state index contributed by atoms with van der Waals surface area (Å²) in [6.45, 7) is 2.64. The first-order valence-corrected chi connectivity index (χ1v) is 7.17. The summed E-state index contributed by atoms with van der Waals surface area (Å²) in [5.74, 6) is 0.216. The summed E-state index contributed by atoms with van der Waals surface area (Å²) in [7, 11) is 0. The number of carbonyl (C=O) groups excluding carboxylic acids is 1. The highest BCUT2D eigenvalue weighted by Gasteiger charge is 2.52. The topological polar surface area (TPSA) is 55.1 Å². The molecule has 19 heavy (non-hydrogen) atoms. The van der Waals surface area contributed by atoms with E-state index in [1.54, 1.807) is 0 Å². The van der Waals surface area contributed by atoms with E-state index >= 15 is 0 Å². The number of halogens is 1. The smallest absolute Gasteiger partial charge is 0.224 e. The molecule has 2 atom stereocenters. The minimum Gasteiger partial charge on any atom is -0.356 e. The van der Waals surface area contributed by atoms with Gasteiger partial charge in [0, 0.05) is 22.7 Å². The molecule has 1 aliphatic rings. The maximum atomic E-state index is 11.8. The molecule has 1 fully saturated rings. The highest BCUT2D eigenvalue weighted by Crippen LogP contribution is 2.50. The zero-order chi connectivity index (χ0) is 13.5. The summed E-state index contributed by atoms with van der Waals surface area (Å²) in [4.78, 5) is 11.8. The van der Waals surface area contributed by atoms with Gasteiger partial charge in [-0.25, -0.2) is 0 Å². The molecule has 1 saturated carbocycles. The number of nitrogens with one attached hydrogen (secondary N) is 1. The summed E-state index contributed by atoms with van der Waals surface area (Å²) < 4.78 is 5.23. The van der Waals surface area contributed by atoms with Crippen LogP contribution < -0.4 is 5.32 Å². The third-order valence-electron chi connectivity index (χ3n) is 3.60. The molecule has 1 N–H and O–H groups in total. The Hall–Kier alpha value is -1.36. The number of carbonyl (C=O) groups is 1. The Morgan fingerprint density at radius 2 is 2.32 bits per heavy atom. The summed E-state index contributed by atoms with van der Waals surface area (Å²) >= 11 is 3.53. The van der Waals surface area contributed by atoms with Gasteiger partial charge in [-0.3, -0.25) is 4.79 Å². The zero-order valence-corrected chi connectivity index (χ0v) is 12.2. The second kappa shape index (κ2) is 4.63. The van der Waals surface area contributed by atoms with Crippen molar-refractivity contribution in [1.82, 2.24) is 10.5 Å². The summed E-state index contributed by atoms with van der Waals surface area (Å²) in [5.41, 5.74) is 1.69. The summed E-state index contributed by atoms with van der Waals surface area (Å²) in [5, 5.41) is 8.02. The lowest BCUT2D eigenvalue weighted by Gasteiger charge is -2.04. The number of rotatable bonds is 4. The van der Waals surface area contributed by atoms with E-state index in [0.29, 0.717) is 13.0 Å². The van der Waals surface area contributed by atoms with E-state index in [-0.39, 0.29) is 16.1 Å². The Balaban J connectivity index is 1.57. The number of hydrogen-bond acceptors (Lipinski definition) is 3. The quantitative estimate of drug-likeness (QED) is 0.880. The second-order valence-electron chi connectivity index (χ2n) is 5.20. The van der Waals surface area contributed by atoms with Crippen molar-refractivity contribution in [3.63, 3.8) is 0 Å². The molecule has 100 valence electrons. The molecule has 3 rings (SSSR count). The molecular weight excluding hydrogens is 308 g/mol. The van der Waals surface area contributed by atoms with Gasteiger partial charge in [0.15, 0.2) is 5.58 Å². The molecule has 0 bridgehead atoms. The largest absolute Gasteiger partial charge is 0.356 e. The van der Waals surface area contributed by atoms with Gasteiger partial charge in [-0.2, -0.15) is 0 Å². The van der Waals surface area contributed by atoms with Gasteiger partial charge >= 0.3 is 0 Å². The van der Waals surface area contributed by atoms with Gasteiger partial charge in [-0.05, 0) is 25.5 Å². The van der Waals surface area contributed by atoms with E-state index in [1.165, 1.54) is 0 Å². The summed E-state index contributed by atoms with van der Waals surface area (Å²) in [6, 6.07) is 7.76. The van der Waals surface area contributed by atoms with Gasteiger partial charge in [0.05, 0.1) is 11.6 Å². The van der Waals surface area contributed by atoms with Crippen molar-refractivity contribution >= 4 is 32.8 Å². The highest BCUT2D eigenvalue weighted by atomic mass is 79.9. The van der Waals surface area contributed by atoms with Gasteiger partial charge < -0.3 is 9.84 Å². The molecule has 0 radical (unpaired) electrons. The maximum Gasteiger partial charge on any atom is 0.224 e. The lowest BCUT2D eigenvalue weighted by molar-refractivity contribution is -0.122. The molecule has 2 aromatic rings. The van der Waals surface area contributed by atoms with E-state index in [9.17, 15) is 4.79 Å². The monoisotopic (exact) mass is 322 g/mol. The lowest BCUT2D eigenvalue weighted by Crippen LogP contribution is -2.29. The number of aromatic nitrogens is 1. The first kappa shape index (κ1) is 12.7. The fraction of sp³-hybridized carbons (Fsp3) is 0.429. The van der Waals surface area contributed by atoms with E-state index in [0.717, 1.165) is 23.1 Å². The first-order chi connectivity index (χ1) is 9.08. The fourth-order valence-corrected chi connectivity index (χ4v) is 2.78. The standard InChI is InChI=1S/C14H15BrN2O2/c1-14(15)8-10(14)13(18)16-7-6-11-9-4-2-3-5-12(9)19-17-11/h2-5,10H,6-8H2,1H3,(H,16,18). The van der Waals surface area contributed by atoms with Crippen LogP contribution in [0.4, 0.5) is 0 Å². The Labute approximate surface area is 119 Å². The maximum absolute atomic E-state index is 11.8. The molecule has 1 heterocycles. The van der Waals surface area contributed by atoms with Crippen molar-refractivity contribution in [2.24, 2.45) is 5.92 Å². The van der Waals surface area contributed by atoms with Crippen molar-refractivity contribution in [3.8, 4) is 0 Å². The normalized spacial score (nSPS) is 25.5. The molecule has 2 unspecified atom stereocenters. The number of nitrogens with zero attached hydrogens (tertiary/aromatic N) is 1. The van der Waals surface area contributed by atoms with Gasteiger partial charge in [-0.15, -0.1) is 0 Å². The predicted molar refractivity (Wildman–Crippen MR) is 76.2 cm³/mol. The van der Waals surface area contributed by atoms with E-state index in [1.807, 2.05) is 31.2 Å². The van der Waals surface area contributed by atoms with Crippen molar-refractivity contribution < 1.29 is 9.32 Å². The van der Waals surface area contributed by atoms with Crippen LogP contribution in [0.2, 0.25) is 0 Å². The lowest BCUT2D eigenvalue weighted by atomic mass is 10.2. The molecule has 0 aliphatic heterocycles. The number of fused-ring (bicyclic) bond motifs is 1. The van der Waals surface area contributed by atoms with Crippen molar-refractivity contribution in [3.05, 3.63) is 30.0 Å². The minimum atomic E-state index is -0.00231. The Morgan fingerprint density at radius 1 is 1.58 bits per heavy atom. The molecule has 5 heteroatoms. The third-order valence-corrected chi connectivity index (χ3v) is 4.48. The van der Waals surface area contributed by atoms with Gasteiger partial charge in [-0.1, -0.05) is 33.2 Å². The number of benzene rings is 1. The van der Waals surface area contributed by atoms with Crippen LogP contribution in [-0.2, 0) is 11.2 Å². The number of amides is 1. The van der Waals surface area contributed by atoms with Gasteiger partial charge in [0.25, 0.3) is 0 Å². The zero-order valence-electron chi connectivity index (χ0n) is 10.6. The average molecular weight is 323 g/mol.